The fourth-order valence-corrected chi connectivity index (χ4v) is 4.04. The molecule has 22 heavy (non-hydrogen) atoms. The van der Waals surface area contributed by atoms with Gasteiger partial charge in [-0.15, -0.1) is 0 Å². The Morgan fingerprint density at radius 1 is 1.32 bits per heavy atom. The van der Waals surface area contributed by atoms with Crippen molar-refractivity contribution < 1.29 is 24.1 Å². The summed E-state index contributed by atoms with van der Waals surface area (Å²) in [5.74, 6) is 0.296. The van der Waals surface area contributed by atoms with Crippen molar-refractivity contribution in [3.8, 4) is 0 Å². The Morgan fingerprint density at radius 2 is 2.00 bits per heavy atom. The Labute approximate surface area is 132 Å². The number of carbonyl (C=O) groups is 1. The number of fused-ring (bicyclic) bond motifs is 2. The maximum absolute atomic E-state index is 11.6. The zero-order valence-electron chi connectivity index (χ0n) is 14.2. The van der Waals surface area contributed by atoms with Crippen molar-refractivity contribution >= 4 is 5.97 Å². The minimum atomic E-state index is -0.628. The predicted octanol–water partition coefficient (Wildman–Crippen LogP) is 2.05. The smallest absolute Gasteiger partial charge is 0.303 e. The van der Waals surface area contributed by atoms with Crippen LogP contribution in [0, 0.1) is 11.8 Å². The maximum Gasteiger partial charge on any atom is 0.303 e. The lowest BCUT2D eigenvalue weighted by Gasteiger charge is -2.31. The van der Waals surface area contributed by atoms with Crippen LogP contribution in [-0.2, 0) is 19.0 Å². The van der Waals surface area contributed by atoms with Crippen molar-refractivity contribution in [2.45, 2.75) is 89.5 Å². The summed E-state index contributed by atoms with van der Waals surface area (Å²) in [6, 6.07) is 0. The van der Waals surface area contributed by atoms with Gasteiger partial charge in [-0.1, -0.05) is 13.8 Å². The van der Waals surface area contributed by atoms with E-state index >= 15 is 0 Å². The first-order valence-electron chi connectivity index (χ1n) is 8.38. The van der Waals surface area contributed by atoms with Gasteiger partial charge in [-0.25, -0.2) is 0 Å². The third-order valence-corrected chi connectivity index (χ3v) is 5.88. The third-order valence-electron chi connectivity index (χ3n) is 5.88. The molecule has 3 fully saturated rings. The van der Waals surface area contributed by atoms with E-state index in [-0.39, 0.29) is 35.8 Å². The number of aliphatic hydroxyl groups is 1. The molecule has 5 heteroatoms. The topological polar surface area (TPSA) is 71.6 Å². The fourth-order valence-electron chi connectivity index (χ4n) is 4.04. The third kappa shape index (κ3) is 2.68. The molecule has 0 aromatic carbocycles. The first-order valence-corrected chi connectivity index (χ1v) is 8.38. The second-order valence-electron chi connectivity index (χ2n) is 7.91. The van der Waals surface area contributed by atoms with Gasteiger partial charge in [0.05, 0.1) is 17.8 Å². The number of rotatable bonds is 2. The van der Waals surface area contributed by atoms with Gasteiger partial charge in [0, 0.05) is 19.3 Å². The van der Waals surface area contributed by atoms with E-state index in [4.69, 9.17) is 14.2 Å². The highest BCUT2D eigenvalue weighted by atomic mass is 16.7. The van der Waals surface area contributed by atoms with E-state index in [0.717, 1.165) is 12.8 Å². The lowest BCUT2D eigenvalue weighted by atomic mass is 9.77. The summed E-state index contributed by atoms with van der Waals surface area (Å²) in [5.41, 5.74) is -0.773. The van der Waals surface area contributed by atoms with E-state index in [1.54, 1.807) is 0 Å². The van der Waals surface area contributed by atoms with Crippen molar-refractivity contribution in [2.75, 3.05) is 0 Å². The van der Waals surface area contributed by atoms with Crippen molar-refractivity contribution in [1.82, 2.24) is 0 Å². The van der Waals surface area contributed by atoms with Crippen LogP contribution in [0.25, 0.3) is 0 Å². The SMILES string of the molecule is CC(=O)O[C@@H]1C(C(C)C)CC[C@@]2(C)O[C@@H]2C[C@@H](O)[C@]2(C)O[C@@H]12. The van der Waals surface area contributed by atoms with Crippen LogP contribution in [-0.4, -0.2) is 46.7 Å². The van der Waals surface area contributed by atoms with Crippen molar-refractivity contribution in [1.29, 1.82) is 0 Å². The molecule has 2 aliphatic heterocycles. The molecule has 1 N–H and O–H groups in total. The first kappa shape index (κ1) is 16.2. The normalized spacial score (nSPS) is 50.8. The summed E-state index contributed by atoms with van der Waals surface area (Å²) in [4.78, 5) is 11.6. The second-order valence-corrected chi connectivity index (χ2v) is 7.91. The van der Waals surface area contributed by atoms with Crippen LogP contribution in [0.1, 0.15) is 53.9 Å². The number of aliphatic hydroxyl groups excluding tert-OH is 1. The molecular formula is C17H28O5. The monoisotopic (exact) mass is 312 g/mol. The fraction of sp³-hybridized carbons (Fsp3) is 0.941. The van der Waals surface area contributed by atoms with E-state index in [1.807, 2.05) is 6.92 Å². The molecule has 1 aliphatic carbocycles. The van der Waals surface area contributed by atoms with Gasteiger partial charge in [-0.05, 0) is 32.6 Å². The van der Waals surface area contributed by atoms with E-state index in [1.165, 1.54) is 6.92 Å². The Bertz CT molecular complexity index is 464. The predicted molar refractivity (Wildman–Crippen MR) is 80.3 cm³/mol. The van der Waals surface area contributed by atoms with E-state index in [2.05, 4.69) is 20.8 Å². The van der Waals surface area contributed by atoms with E-state index < -0.39 is 11.7 Å². The van der Waals surface area contributed by atoms with Crippen LogP contribution in [0.15, 0.2) is 0 Å². The summed E-state index contributed by atoms with van der Waals surface area (Å²) >= 11 is 0. The summed E-state index contributed by atoms with van der Waals surface area (Å²) in [6.07, 6.45) is 1.46. The van der Waals surface area contributed by atoms with E-state index in [0.29, 0.717) is 12.3 Å². The van der Waals surface area contributed by atoms with Gasteiger partial charge >= 0.3 is 5.97 Å². The van der Waals surface area contributed by atoms with Crippen LogP contribution in [0.4, 0.5) is 0 Å². The molecule has 7 atom stereocenters. The van der Waals surface area contributed by atoms with Crippen LogP contribution in [0.5, 0.6) is 0 Å². The number of carbonyl (C=O) groups excluding carboxylic acids is 1. The molecule has 3 aliphatic rings. The molecule has 1 unspecified atom stereocenters. The molecule has 0 aromatic heterocycles. The van der Waals surface area contributed by atoms with Gasteiger partial charge in [-0.2, -0.15) is 0 Å². The van der Waals surface area contributed by atoms with Crippen molar-refractivity contribution in [2.24, 2.45) is 11.8 Å². The Kier molecular flexibility index (Phi) is 3.82. The van der Waals surface area contributed by atoms with Crippen LogP contribution in [0.2, 0.25) is 0 Å². The van der Waals surface area contributed by atoms with Gasteiger partial charge < -0.3 is 19.3 Å². The highest BCUT2D eigenvalue weighted by Gasteiger charge is 2.66. The summed E-state index contributed by atoms with van der Waals surface area (Å²) in [7, 11) is 0. The second kappa shape index (κ2) is 5.18. The van der Waals surface area contributed by atoms with Gasteiger partial charge in [0.25, 0.3) is 0 Å². The van der Waals surface area contributed by atoms with Gasteiger partial charge in [0.2, 0.25) is 0 Å². The summed E-state index contributed by atoms with van der Waals surface area (Å²) < 4.78 is 17.3. The first-order chi connectivity index (χ1) is 10.2. The molecule has 2 saturated heterocycles. The number of ether oxygens (including phenoxy) is 3. The van der Waals surface area contributed by atoms with Gasteiger partial charge in [-0.3, -0.25) is 4.79 Å². The molecule has 5 nitrogen and oxygen atoms in total. The highest BCUT2D eigenvalue weighted by molar-refractivity contribution is 5.66. The molecule has 0 aromatic rings. The van der Waals surface area contributed by atoms with Gasteiger partial charge in [0.15, 0.2) is 0 Å². The number of hydrogen-bond acceptors (Lipinski definition) is 5. The zero-order chi connectivity index (χ0) is 16.3. The lowest BCUT2D eigenvalue weighted by molar-refractivity contribution is -0.151. The molecule has 0 bridgehead atoms. The van der Waals surface area contributed by atoms with Crippen LogP contribution >= 0.6 is 0 Å². The zero-order valence-corrected chi connectivity index (χ0v) is 14.2. The molecule has 0 radical (unpaired) electrons. The van der Waals surface area contributed by atoms with Crippen LogP contribution in [0.3, 0.4) is 0 Å². The van der Waals surface area contributed by atoms with Crippen molar-refractivity contribution in [3.05, 3.63) is 0 Å². The molecule has 2 heterocycles. The number of hydrogen-bond donors (Lipinski definition) is 1. The van der Waals surface area contributed by atoms with Gasteiger partial charge in [0.1, 0.15) is 17.8 Å². The minimum absolute atomic E-state index is 0.113. The molecule has 3 rings (SSSR count). The summed E-state index contributed by atoms with van der Waals surface area (Å²) in [6.45, 7) is 9.76. The highest BCUT2D eigenvalue weighted by Crippen LogP contribution is 2.53. The molecule has 0 spiro atoms. The molecular weight excluding hydrogens is 284 g/mol. The maximum atomic E-state index is 11.6. The Morgan fingerprint density at radius 3 is 2.59 bits per heavy atom. The molecule has 0 amide bonds. The number of esters is 1. The van der Waals surface area contributed by atoms with Crippen LogP contribution < -0.4 is 0 Å². The standard InChI is InChI=1S/C17H28O5/c1-9(2)11-6-7-16(4)13(21-16)8-12(19)17(5)15(22-17)14(11)20-10(3)18/h9,11-15,19H,6-8H2,1-5H3/t11?,12-,13-,14-,15+,16-,17+/m1/s1. The molecule has 126 valence electrons. The average Bonchev–Trinajstić information content (AvgIpc) is 3.25. The quantitative estimate of drug-likeness (QED) is 0.624. The molecule has 1 saturated carbocycles. The average molecular weight is 312 g/mol. The lowest BCUT2D eigenvalue weighted by Crippen LogP contribution is -2.42. The Hall–Kier alpha value is -0.650. The summed E-state index contributed by atoms with van der Waals surface area (Å²) in [5, 5.41) is 10.5. The Balaban J connectivity index is 1.87. The largest absolute Gasteiger partial charge is 0.459 e. The van der Waals surface area contributed by atoms with Crippen molar-refractivity contribution in [3.63, 3.8) is 0 Å². The minimum Gasteiger partial charge on any atom is -0.459 e. The number of epoxide rings is 2. The van der Waals surface area contributed by atoms with E-state index in [9.17, 15) is 9.90 Å².